The molecule has 32 heavy (non-hydrogen) atoms. The Bertz CT molecular complexity index is 1290. The van der Waals surface area contributed by atoms with Gasteiger partial charge in [0.15, 0.2) is 0 Å². The summed E-state index contributed by atoms with van der Waals surface area (Å²) in [4.78, 5) is 26.1. The van der Waals surface area contributed by atoms with Crippen molar-refractivity contribution in [1.29, 1.82) is 0 Å². The smallest absolute Gasteiger partial charge is 0.257 e. The number of aryl methyl sites for hydroxylation is 1. The van der Waals surface area contributed by atoms with Gasteiger partial charge in [-0.3, -0.25) is 9.48 Å². The highest BCUT2D eigenvalue weighted by Gasteiger charge is 2.29. The van der Waals surface area contributed by atoms with Gasteiger partial charge in [-0.2, -0.15) is 5.10 Å². The average molecular weight is 428 g/mol. The summed E-state index contributed by atoms with van der Waals surface area (Å²) in [5, 5.41) is 9.18. The molecular weight excluding hydrogens is 402 g/mol. The number of anilines is 2. The molecule has 1 aliphatic heterocycles. The van der Waals surface area contributed by atoms with E-state index in [9.17, 15) is 4.79 Å². The van der Waals surface area contributed by atoms with Crippen LogP contribution in [0.3, 0.4) is 0 Å². The summed E-state index contributed by atoms with van der Waals surface area (Å²) < 4.78 is 1.78. The van der Waals surface area contributed by atoms with Crippen LogP contribution in [0.2, 0.25) is 0 Å². The maximum atomic E-state index is 12.9. The van der Waals surface area contributed by atoms with Gasteiger partial charge in [-0.05, 0) is 49.3 Å². The lowest BCUT2D eigenvalue weighted by molar-refractivity contribution is 0.102. The maximum Gasteiger partial charge on any atom is 0.257 e. The lowest BCUT2D eigenvalue weighted by Crippen LogP contribution is -2.57. The summed E-state index contributed by atoms with van der Waals surface area (Å²) >= 11 is 0. The van der Waals surface area contributed by atoms with Gasteiger partial charge in [0.1, 0.15) is 11.6 Å². The molecule has 8 heteroatoms. The molecule has 0 aliphatic carbocycles. The van der Waals surface area contributed by atoms with E-state index in [0.717, 1.165) is 40.8 Å². The first kappa shape index (κ1) is 20.1. The molecule has 1 aromatic carbocycles. The Hall–Kier alpha value is -3.78. The van der Waals surface area contributed by atoms with Crippen LogP contribution in [-0.4, -0.2) is 63.8 Å². The van der Waals surface area contributed by atoms with Crippen molar-refractivity contribution in [1.82, 2.24) is 24.6 Å². The van der Waals surface area contributed by atoms with Crippen molar-refractivity contribution in [2.45, 2.75) is 6.04 Å². The summed E-state index contributed by atoms with van der Waals surface area (Å²) in [6.45, 7) is 1.83. The van der Waals surface area contributed by atoms with Crippen LogP contribution in [-0.2, 0) is 7.05 Å². The number of hydrogen-bond acceptors (Lipinski definition) is 6. The largest absolute Gasteiger partial charge is 0.353 e. The fourth-order valence-corrected chi connectivity index (χ4v) is 3.85. The summed E-state index contributed by atoms with van der Waals surface area (Å²) in [6.07, 6.45) is 7.27. The highest BCUT2D eigenvalue weighted by Crippen LogP contribution is 2.26. The van der Waals surface area contributed by atoms with Crippen LogP contribution in [0.1, 0.15) is 10.4 Å². The van der Waals surface area contributed by atoms with Crippen LogP contribution in [0.25, 0.3) is 21.9 Å². The molecule has 162 valence electrons. The third-order valence-corrected chi connectivity index (χ3v) is 5.93. The van der Waals surface area contributed by atoms with E-state index in [-0.39, 0.29) is 5.91 Å². The van der Waals surface area contributed by atoms with Crippen molar-refractivity contribution in [3.05, 3.63) is 66.7 Å². The topological polar surface area (TPSA) is 79.2 Å². The molecular formula is C24H25N7O. The molecule has 8 nitrogen and oxygen atoms in total. The Balaban J connectivity index is 1.34. The van der Waals surface area contributed by atoms with E-state index >= 15 is 0 Å². The van der Waals surface area contributed by atoms with Gasteiger partial charge in [0, 0.05) is 61.3 Å². The van der Waals surface area contributed by atoms with Gasteiger partial charge in [0.25, 0.3) is 5.91 Å². The molecule has 0 bridgehead atoms. The minimum atomic E-state index is -0.200. The number of carbonyl (C=O) groups is 1. The summed E-state index contributed by atoms with van der Waals surface area (Å²) in [5.41, 5.74) is 2.68. The Morgan fingerprint density at radius 3 is 2.62 bits per heavy atom. The summed E-state index contributed by atoms with van der Waals surface area (Å²) in [5.74, 6) is 1.14. The number of aromatic nitrogens is 4. The third-order valence-electron chi connectivity index (χ3n) is 5.93. The number of nitrogens with zero attached hydrogens (tertiary/aromatic N) is 6. The lowest BCUT2D eigenvalue weighted by atomic mass is 10.1. The molecule has 4 aromatic rings. The van der Waals surface area contributed by atoms with Crippen molar-refractivity contribution in [3.8, 4) is 11.1 Å². The zero-order valence-electron chi connectivity index (χ0n) is 18.4. The van der Waals surface area contributed by atoms with Crippen molar-refractivity contribution in [2.75, 3.05) is 37.4 Å². The molecule has 4 heterocycles. The summed E-state index contributed by atoms with van der Waals surface area (Å²) in [6, 6.07) is 12.1. The Labute approximate surface area is 186 Å². The second-order valence-electron chi connectivity index (χ2n) is 8.41. The SMILES string of the molecule is CN(C)C1CN(c2cc(C(=O)Nc3cc4cc(-c5cnn(C)c5)ccc4cn3)ccn2)C1. The van der Waals surface area contributed by atoms with Crippen molar-refractivity contribution >= 4 is 28.3 Å². The minimum absolute atomic E-state index is 0.200. The number of hydrogen-bond donors (Lipinski definition) is 1. The zero-order chi connectivity index (χ0) is 22.2. The van der Waals surface area contributed by atoms with E-state index in [0.29, 0.717) is 17.4 Å². The van der Waals surface area contributed by atoms with Crippen molar-refractivity contribution < 1.29 is 4.79 Å². The molecule has 0 spiro atoms. The van der Waals surface area contributed by atoms with Crippen molar-refractivity contribution in [3.63, 3.8) is 0 Å². The van der Waals surface area contributed by atoms with E-state index < -0.39 is 0 Å². The van der Waals surface area contributed by atoms with Crippen LogP contribution >= 0.6 is 0 Å². The molecule has 0 unspecified atom stereocenters. The Kier molecular flexibility index (Phi) is 5.07. The van der Waals surface area contributed by atoms with Gasteiger partial charge in [0.05, 0.1) is 6.20 Å². The standard InChI is InChI=1S/C24H25N7O/c1-29(2)21-14-31(15-21)23-10-17(6-7-25-23)24(32)28-22-9-19-8-16(4-5-18(19)11-26-22)20-12-27-30(3)13-20/h4-13,21H,14-15H2,1-3H3,(H,26,28,32). The number of amides is 1. The molecule has 1 fully saturated rings. The highest BCUT2D eigenvalue weighted by molar-refractivity contribution is 6.05. The first-order valence-corrected chi connectivity index (χ1v) is 10.5. The highest BCUT2D eigenvalue weighted by atomic mass is 16.1. The van der Waals surface area contributed by atoms with Crippen LogP contribution in [0, 0.1) is 0 Å². The van der Waals surface area contributed by atoms with Gasteiger partial charge in [-0.25, -0.2) is 9.97 Å². The summed E-state index contributed by atoms with van der Waals surface area (Å²) in [7, 11) is 6.06. The molecule has 0 radical (unpaired) electrons. The Morgan fingerprint density at radius 2 is 1.88 bits per heavy atom. The normalized spacial score (nSPS) is 14.1. The molecule has 5 rings (SSSR count). The van der Waals surface area contributed by atoms with Crippen LogP contribution in [0.15, 0.2) is 61.2 Å². The lowest BCUT2D eigenvalue weighted by Gasteiger charge is -2.43. The van der Waals surface area contributed by atoms with E-state index in [1.807, 2.05) is 37.6 Å². The second kappa shape index (κ2) is 8.05. The fourth-order valence-electron chi connectivity index (χ4n) is 3.85. The number of benzene rings is 1. The van der Waals surface area contributed by atoms with Gasteiger partial charge < -0.3 is 15.1 Å². The molecule has 3 aromatic heterocycles. The molecule has 0 atom stereocenters. The molecule has 1 amide bonds. The predicted molar refractivity (Wildman–Crippen MR) is 126 cm³/mol. The first-order chi connectivity index (χ1) is 15.5. The zero-order valence-corrected chi connectivity index (χ0v) is 18.4. The number of rotatable bonds is 5. The maximum absolute atomic E-state index is 12.9. The van der Waals surface area contributed by atoms with Gasteiger partial charge >= 0.3 is 0 Å². The van der Waals surface area contributed by atoms with Crippen LogP contribution in [0.5, 0.6) is 0 Å². The Morgan fingerprint density at radius 1 is 1.03 bits per heavy atom. The van der Waals surface area contributed by atoms with Crippen molar-refractivity contribution in [2.24, 2.45) is 7.05 Å². The van der Waals surface area contributed by atoms with Crippen LogP contribution in [0.4, 0.5) is 11.6 Å². The number of nitrogens with one attached hydrogen (secondary N) is 1. The average Bonchev–Trinajstić information content (AvgIpc) is 3.18. The monoisotopic (exact) mass is 427 g/mol. The van der Waals surface area contributed by atoms with E-state index in [4.69, 9.17) is 0 Å². The van der Waals surface area contributed by atoms with E-state index in [1.54, 1.807) is 23.1 Å². The first-order valence-electron chi connectivity index (χ1n) is 10.5. The number of pyridine rings is 2. The molecule has 1 saturated heterocycles. The van der Waals surface area contributed by atoms with E-state index in [1.165, 1.54) is 0 Å². The van der Waals surface area contributed by atoms with Gasteiger partial charge in [-0.15, -0.1) is 0 Å². The minimum Gasteiger partial charge on any atom is -0.353 e. The van der Waals surface area contributed by atoms with Gasteiger partial charge in [-0.1, -0.05) is 12.1 Å². The molecule has 0 saturated carbocycles. The number of likely N-dealkylation sites (N-methyl/N-ethyl adjacent to an activating group) is 1. The fraction of sp³-hybridized carbons (Fsp3) is 0.250. The third kappa shape index (κ3) is 3.92. The molecule has 1 aliphatic rings. The quantitative estimate of drug-likeness (QED) is 0.527. The second-order valence-corrected chi connectivity index (χ2v) is 8.41. The van der Waals surface area contributed by atoms with Gasteiger partial charge in [0.2, 0.25) is 0 Å². The predicted octanol–water partition coefficient (Wildman–Crippen LogP) is 3.03. The number of carbonyl (C=O) groups excluding carboxylic acids is 1. The van der Waals surface area contributed by atoms with Crippen LogP contribution < -0.4 is 10.2 Å². The number of fused-ring (bicyclic) bond motifs is 1. The molecule has 1 N–H and O–H groups in total. The van der Waals surface area contributed by atoms with E-state index in [2.05, 4.69) is 56.4 Å².